The van der Waals surface area contributed by atoms with Crippen LogP contribution in [-0.2, 0) is 17.5 Å². The third-order valence-electron chi connectivity index (χ3n) is 2.18. The van der Waals surface area contributed by atoms with Gasteiger partial charge in [0.1, 0.15) is 5.82 Å². The standard InChI is InChI=1S/C11H13F4NO/c1-17-5-4-16-7-8-2-3-9(6-10(8)12)11(13,14)15/h2-3,6,16H,4-5,7H2,1H3. The molecule has 0 spiro atoms. The van der Waals surface area contributed by atoms with Crippen LogP contribution >= 0.6 is 0 Å². The van der Waals surface area contributed by atoms with Crippen molar-refractivity contribution in [3.05, 3.63) is 35.1 Å². The number of benzene rings is 1. The molecular formula is C11H13F4NO. The Morgan fingerprint density at radius 1 is 1.29 bits per heavy atom. The molecule has 0 unspecified atom stereocenters. The number of alkyl halides is 3. The van der Waals surface area contributed by atoms with E-state index < -0.39 is 17.6 Å². The molecule has 1 aromatic carbocycles. The second-order valence-electron chi connectivity index (χ2n) is 3.47. The number of ether oxygens (including phenoxy) is 1. The van der Waals surface area contributed by atoms with Crippen molar-refractivity contribution in [1.82, 2.24) is 5.32 Å². The van der Waals surface area contributed by atoms with Crippen molar-refractivity contribution in [3.63, 3.8) is 0 Å². The topological polar surface area (TPSA) is 21.3 Å². The molecule has 1 aromatic rings. The fourth-order valence-corrected chi connectivity index (χ4v) is 1.26. The molecule has 0 radical (unpaired) electrons. The highest BCUT2D eigenvalue weighted by molar-refractivity contribution is 5.26. The summed E-state index contributed by atoms with van der Waals surface area (Å²) in [4.78, 5) is 0. The molecule has 0 bridgehead atoms. The second kappa shape index (κ2) is 5.97. The van der Waals surface area contributed by atoms with Crippen LogP contribution in [0.5, 0.6) is 0 Å². The van der Waals surface area contributed by atoms with Gasteiger partial charge in [-0.05, 0) is 12.1 Å². The Morgan fingerprint density at radius 3 is 2.53 bits per heavy atom. The number of nitrogens with one attached hydrogen (secondary N) is 1. The van der Waals surface area contributed by atoms with Crippen molar-refractivity contribution < 1.29 is 22.3 Å². The van der Waals surface area contributed by atoms with E-state index in [2.05, 4.69) is 5.32 Å². The minimum Gasteiger partial charge on any atom is -0.383 e. The van der Waals surface area contributed by atoms with Crippen molar-refractivity contribution in [2.24, 2.45) is 0 Å². The van der Waals surface area contributed by atoms with Gasteiger partial charge in [0.2, 0.25) is 0 Å². The molecule has 0 aliphatic rings. The molecule has 96 valence electrons. The van der Waals surface area contributed by atoms with Gasteiger partial charge in [0.05, 0.1) is 12.2 Å². The smallest absolute Gasteiger partial charge is 0.383 e. The minimum absolute atomic E-state index is 0.174. The predicted molar refractivity (Wildman–Crippen MR) is 55.0 cm³/mol. The van der Waals surface area contributed by atoms with Crippen LogP contribution < -0.4 is 5.32 Å². The molecule has 0 saturated carbocycles. The summed E-state index contributed by atoms with van der Waals surface area (Å²) in [5.41, 5.74) is -0.773. The van der Waals surface area contributed by atoms with E-state index in [4.69, 9.17) is 4.74 Å². The SMILES string of the molecule is COCCNCc1ccc(C(F)(F)F)cc1F. The van der Waals surface area contributed by atoms with Gasteiger partial charge in [-0.3, -0.25) is 0 Å². The summed E-state index contributed by atoms with van der Waals surface area (Å²) in [6.45, 7) is 1.15. The van der Waals surface area contributed by atoms with Crippen molar-refractivity contribution in [3.8, 4) is 0 Å². The lowest BCUT2D eigenvalue weighted by Gasteiger charge is -2.09. The molecule has 0 amide bonds. The molecule has 0 aliphatic carbocycles. The van der Waals surface area contributed by atoms with E-state index in [1.54, 1.807) is 0 Å². The number of methoxy groups -OCH3 is 1. The zero-order chi connectivity index (χ0) is 12.9. The number of rotatable bonds is 5. The zero-order valence-electron chi connectivity index (χ0n) is 9.27. The number of halogens is 4. The number of hydrogen-bond acceptors (Lipinski definition) is 2. The van der Waals surface area contributed by atoms with Gasteiger partial charge < -0.3 is 10.1 Å². The van der Waals surface area contributed by atoms with Crippen LogP contribution in [-0.4, -0.2) is 20.3 Å². The third-order valence-corrected chi connectivity index (χ3v) is 2.18. The van der Waals surface area contributed by atoms with Gasteiger partial charge >= 0.3 is 6.18 Å². The van der Waals surface area contributed by atoms with Gasteiger partial charge in [0.25, 0.3) is 0 Å². The lowest BCUT2D eigenvalue weighted by molar-refractivity contribution is -0.137. The second-order valence-corrected chi connectivity index (χ2v) is 3.47. The lowest BCUT2D eigenvalue weighted by atomic mass is 10.1. The Hall–Kier alpha value is -1.14. The van der Waals surface area contributed by atoms with Crippen LogP contribution in [0.25, 0.3) is 0 Å². The molecule has 0 heterocycles. The van der Waals surface area contributed by atoms with Crippen molar-refractivity contribution in [2.45, 2.75) is 12.7 Å². The summed E-state index contributed by atoms with van der Waals surface area (Å²) >= 11 is 0. The van der Waals surface area contributed by atoms with Crippen LogP contribution in [0.2, 0.25) is 0 Å². The number of hydrogen-bond donors (Lipinski definition) is 1. The van der Waals surface area contributed by atoms with Gasteiger partial charge in [-0.15, -0.1) is 0 Å². The molecule has 1 rings (SSSR count). The molecule has 0 aliphatic heterocycles. The Bertz CT molecular complexity index is 365. The van der Waals surface area contributed by atoms with Crippen molar-refractivity contribution in [1.29, 1.82) is 0 Å². The highest BCUT2D eigenvalue weighted by atomic mass is 19.4. The average molecular weight is 251 g/mol. The van der Waals surface area contributed by atoms with E-state index >= 15 is 0 Å². The minimum atomic E-state index is -4.51. The van der Waals surface area contributed by atoms with Gasteiger partial charge in [0, 0.05) is 25.8 Å². The molecule has 1 N–H and O–H groups in total. The largest absolute Gasteiger partial charge is 0.416 e. The fraction of sp³-hybridized carbons (Fsp3) is 0.455. The zero-order valence-corrected chi connectivity index (χ0v) is 9.27. The first-order valence-corrected chi connectivity index (χ1v) is 5.00. The van der Waals surface area contributed by atoms with Gasteiger partial charge in [-0.2, -0.15) is 13.2 Å². The summed E-state index contributed by atoms with van der Waals surface area (Å²) in [5.74, 6) is -0.857. The first-order chi connectivity index (χ1) is 7.95. The lowest BCUT2D eigenvalue weighted by Crippen LogP contribution is -2.19. The fourth-order valence-electron chi connectivity index (χ4n) is 1.26. The molecule has 0 saturated heterocycles. The van der Waals surface area contributed by atoms with Crippen LogP contribution in [0.15, 0.2) is 18.2 Å². The van der Waals surface area contributed by atoms with E-state index in [1.165, 1.54) is 7.11 Å². The summed E-state index contributed by atoms with van der Waals surface area (Å²) in [6.07, 6.45) is -4.51. The molecular weight excluding hydrogens is 238 g/mol. The monoisotopic (exact) mass is 251 g/mol. The molecule has 0 atom stereocenters. The Kier molecular flexibility index (Phi) is 4.89. The Labute approximate surface area is 96.6 Å². The van der Waals surface area contributed by atoms with E-state index in [0.29, 0.717) is 19.2 Å². The van der Waals surface area contributed by atoms with Gasteiger partial charge in [-0.1, -0.05) is 6.07 Å². The van der Waals surface area contributed by atoms with Crippen molar-refractivity contribution in [2.75, 3.05) is 20.3 Å². The first kappa shape index (κ1) is 13.9. The summed E-state index contributed by atoms with van der Waals surface area (Å²) in [6, 6.07) is 2.52. The maximum absolute atomic E-state index is 13.3. The quantitative estimate of drug-likeness (QED) is 0.641. The summed E-state index contributed by atoms with van der Waals surface area (Å²) < 4.78 is 54.8. The van der Waals surface area contributed by atoms with E-state index in [1.807, 2.05) is 0 Å². The molecule has 0 aromatic heterocycles. The van der Waals surface area contributed by atoms with Crippen molar-refractivity contribution >= 4 is 0 Å². The van der Waals surface area contributed by atoms with Gasteiger partial charge in [-0.25, -0.2) is 4.39 Å². The molecule has 0 fully saturated rings. The predicted octanol–water partition coefficient (Wildman–Crippen LogP) is 2.58. The van der Waals surface area contributed by atoms with Gasteiger partial charge in [0.15, 0.2) is 0 Å². The van der Waals surface area contributed by atoms with Crippen LogP contribution in [0.4, 0.5) is 17.6 Å². The summed E-state index contributed by atoms with van der Waals surface area (Å²) in [7, 11) is 1.53. The maximum atomic E-state index is 13.3. The Morgan fingerprint density at radius 2 is 2.00 bits per heavy atom. The maximum Gasteiger partial charge on any atom is 0.416 e. The van der Waals surface area contributed by atoms with Crippen LogP contribution in [0.3, 0.4) is 0 Å². The average Bonchev–Trinajstić information content (AvgIpc) is 2.24. The van der Waals surface area contributed by atoms with Crippen LogP contribution in [0, 0.1) is 5.82 Å². The first-order valence-electron chi connectivity index (χ1n) is 5.00. The molecule has 17 heavy (non-hydrogen) atoms. The highest BCUT2D eigenvalue weighted by Crippen LogP contribution is 2.30. The third kappa shape index (κ3) is 4.32. The normalized spacial score (nSPS) is 11.8. The van der Waals surface area contributed by atoms with E-state index in [9.17, 15) is 17.6 Å². The molecule has 2 nitrogen and oxygen atoms in total. The Balaban J connectivity index is 2.64. The summed E-state index contributed by atoms with van der Waals surface area (Å²) in [5, 5.41) is 2.86. The van der Waals surface area contributed by atoms with Crippen LogP contribution in [0.1, 0.15) is 11.1 Å². The molecule has 6 heteroatoms. The van der Waals surface area contributed by atoms with E-state index in [-0.39, 0.29) is 12.1 Å². The highest BCUT2D eigenvalue weighted by Gasteiger charge is 2.31. The van der Waals surface area contributed by atoms with E-state index in [0.717, 1.165) is 12.1 Å².